The predicted octanol–water partition coefficient (Wildman–Crippen LogP) is -3.81. The van der Waals surface area contributed by atoms with Crippen molar-refractivity contribution in [3.8, 4) is 0 Å². The summed E-state index contributed by atoms with van der Waals surface area (Å²) in [6.45, 7) is 0. The molecule has 0 amide bonds. The van der Waals surface area contributed by atoms with E-state index in [-0.39, 0.29) is 46.5 Å². The molecule has 0 aromatic rings. The minimum atomic E-state index is -4.64. The van der Waals surface area contributed by atoms with E-state index in [1.165, 1.54) is 0 Å². The van der Waals surface area contributed by atoms with E-state index in [1.807, 2.05) is 0 Å². The van der Waals surface area contributed by atoms with Crippen molar-refractivity contribution >= 4 is 7.82 Å². The van der Waals surface area contributed by atoms with E-state index in [2.05, 4.69) is 0 Å². The van der Waals surface area contributed by atoms with Crippen LogP contribution in [0.5, 0.6) is 0 Å². The van der Waals surface area contributed by atoms with E-state index < -0.39 is 7.82 Å². The molecule has 0 radical (unpaired) electrons. The zero-order valence-corrected chi connectivity index (χ0v) is 7.05. The number of hydrogen-bond donors (Lipinski definition) is 3. The molecule has 0 heterocycles. The first-order valence-electron chi connectivity index (χ1n) is 0.783. The van der Waals surface area contributed by atoms with E-state index >= 15 is 0 Å². The Balaban J connectivity index is -0.0000000267. The molecule has 4 nitrogen and oxygen atoms in total. The summed E-state index contributed by atoms with van der Waals surface area (Å²) >= 11 is 0. The van der Waals surface area contributed by atoms with Gasteiger partial charge < -0.3 is 16.1 Å². The Kier molecular flexibility index (Phi) is 12.9. The van der Waals surface area contributed by atoms with E-state index in [4.69, 9.17) is 19.2 Å². The topological polar surface area (TPSA) is 77.8 Å². The summed E-state index contributed by atoms with van der Waals surface area (Å²) in [6, 6.07) is 0. The second-order valence-electron chi connectivity index (χ2n) is 0.513. The SMILES string of the molecule is O=P(O)(O)O.[H-].[Li+].[Zr]. The van der Waals surface area contributed by atoms with Gasteiger partial charge in [-0.1, -0.05) is 0 Å². The molecule has 7 heavy (non-hydrogen) atoms. The van der Waals surface area contributed by atoms with Crippen molar-refractivity contribution in [3.63, 3.8) is 0 Å². The van der Waals surface area contributed by atoms with Gasteiger partial charge in [-0.3, -0.25) is 0 Å². The van der Waals surface area contributed by atoms with Gasteiger partial charge in [0, 0.05) is 26.2 Å². The molecule has 0 unspecified atom stereocenters. The minimum Gasteiger partial charge on any atom is -1.00 e. The van der Waals surface area contributed by atoms with Crippen LogP contribution in [-0.2, 0) is 30.8 Å². The van der Waals surface area contributed by atoms with Gasteiger partial charge in [-0.25, -0.2) is 4.57 Å². The quantitative estimate of drug-likeness (QED) is 0.275. The van der Waals surface area contributed by atoms with Crippen LogP contribution in [0.1, 0.15) is 1.43 Å². The third kappa shape index (κ3) is 93.8. The Bertz CT molecular complexity index is 62.2. The minimum absolute atomic E-state index is 0. The van der Waals surface area contributed by atoms with Crippen LogP contribution in [0.4, 0.5) is 0 Å². The zero-order valence-electron chi connectivity index (χ0n) is 4.70. The molecule has 0 aliphatic heterocycles. The average molecular weight is 197 g/mol. The molecule has 3 N–H and O–H groups in total. The van der Waals surface area contributed by atoms with Crippen molar-refractivity contribution in [2.45, 2.75) is 0 Å². The van der Waals surface area contributed by atoms with E-state index in [0.29, 0.717) is 0 Å². The molecule has 0 aromatic heterocycles. The molecule has 0 bridgehead atoms. The average Bonchev–Trinajstić information content (AvgIpc) is 0.722. The summed E-state index contributed by atoms with van der Waals surface area (Å²) in [5, 5.41) is 0. The smallest absolute Gasteiger partial charge is 1.00 e. The van der Waals surface area contributed by atoms with Gasteiger partial charge in [-0.05, 0) is 0 Å². The maximum absolute atomic E-state index is 8.88. The van der Waals surface area contributed by atoms with E-state index in [0.717, 1.165) is 0 Å². The van der Waals surface area contributed by atoms with Gasteiger partial charge in [-0.15, -0.1) is 0 Å². The third-order valence-electron chi connectivity index (χ3n) is 0. The molecule has 0 saturated carbocycles. The van der Waals surface area contributed by atoms with Gasteiger partial charge in [0.25, 0.3) is 0 Å². The summed E-state index contributed by atoms with van der Waals surface area (Å²) in [5.74, 6) is 0. The predicted molar refractivity (Wildman–Crippen MR) is 15.4 cm³/mol. The van der Waals surface area contributed by atoms with Gasteiger partial charge >= 0.3 is 26.7 Å². The molecule has 0 saturated heterocycles. The molecule has 38 valence electrons. The Morgan fingerprint density at radius 2 is 1.29 bits per heavy atom. The normalized spacial score (nSPS) is 8.43. The van der Waals surface area contributed by atoms with Crippen molar-refractivity contribution in [2.75, 3.05) is 0 Å². The maximum Gasteiger partial charge on any atom is 1.00 e. The fraction of sp³-hybridized carbons (Fsp3) is 0. The van der Waals surface area contributed by atoms with Gasteiger partial charge in [0.1, 0.15) is 0 Å². The number of rotatable bonds is 0. The molecule has 0 aliphatic rings. The Labute approximate surface area is 73.3 Å². The van der Waals surface area contributed by atoms with Crippen LogP contribution in [0, 0.1) is 0 Å². The molecular formula is H4LiO4PZr. The first kappa shape index (κ1) is 15.8. The second-order valence-corrected chi connectivity index (χ2v) is 1.54. The molecular weight excluding hydrogens is 193 g/mol. The molecule has 0 aromatic carbocycles. The second kappa shape index (κ2) is 5.72. The molecule has 0 atom stereocenters. The molecule has 7 heteroatoms. The first-order valence-corrected chi connectivity index (χ1v) is 2.35. The van der Waals surface area contributed by atoms with E-state index in [9.17, 15) is 0 Å². The Hall–Kier alpha value is 1.59. The summed E-state index contributed by atoms with van der Waals surface area (Å²) in [6.07, 6.45) is 0. The summed E-state index contributed by atoms with van der Waals surface area (Å²) in [5.41, 5.74) is 0. The fourth-order valence-corrected chi connectivity index (χ4v) is 0. The van der Waals surface area contributed by atoms with Crippen molar-refractivity contribution in [1.29, 1.82) is 0 Å². The van der Waals surface area contributed by atoms with Crippen LogP contribution < -0.4 is 18.9 Å². The van der Waals surface area contributed by atoms with Crippen molar-refractivity contribution < 1.29 is 65.7 Å². The van der Waals surface area contributed by atoms with Crippen LogP contribution in [0.25, 0.3) is 0 Å². The zero-order chi connectivity index (χ0) is 4.50. The monoisotopic (exact) mass is 196 g/mol. The van der Waals surface area contributed by atoms with Crippen LogP contribution in [0.3, 0.4) is 0 Å². The largest absolute Gasteiger partial charge is 1.00 e. The number of hydrogen-bond acceptors (Lipinski definition) is 1. The van der Waals surface area contributed by atoms with E-state index in [1.54, 1.807) is 0 Å². The maximum atomic E-state index is 8.88. The number of phosphoric acid groups is 1. The standard InChI is InChI=1S/Li.H3O4P.Zr.H/c;1-5(2,3)4;;/h;(H3,1,2,3,4);;/q+1;;;-1. The molecule has 0 rings (SSSR count). The molecule has 0 spiro atoms. The van der Waals surface area contributed by atoms with Crippen molar-refractivity contribution in [2.24, 2.45) is 0 Å². The summed E-state index contributed by atoms with van der Waals surface area (Å²) < 4.78 is 8.88. The van der Waals surface area contributed by atoms with Gasteiger partial charge in [-0.2, -0.15) is 0 Å². The fourth-order valence-electron chi connectivity index (χ4n) is 0. The first-order chi connectivity index (χ1) is 2.00. The summed E-state index contributed by atoms with van der Waals surface area (Å²) in [4.78, 5) is 21.6. The van der Waals surface area contributed by atoms with Gasteiger partial charge in [0.2, 0.25) is 0 Å². The Morgan fingerprint density at radius 1 is 1.29 bits per heavy atom. The van der Waals surface area contributed by atoms with Crippen LogP contribution >= 0.6 is 7.82 Å². The van der Waals surface area contributed by atoms with Crippen LogP contribution in [0.2, 0.25) is 0 Å². The Morgan fingerprint density at radius 3 is 1.29 bits per heavy atom. The van der Waals surface area contributed by atoms with Gasteiger partial charge in [0.05, 0.1) is 0 Å². The molecule has 0 fully saturated rings. The van der Waals surface area contributed by atoms with Crippen molar-refractivity contribution in [1.82, 2.24) is 0 Å². The third-order valence-corrected chi connectivity index (χ3v) is 0. The summed E-state index contributed by atoms with van der Waals surface area (Å²) in [7, 11) is -4.64. The van der Waals surface area contributed by atoms with Crippen molar-refractivity contribution in [3.05, 3.63) is 0 Å². The van der Waals surface area contributed by atoms with Crippen LogP contribution in [-0.4, -0.2) is 14.7 Å². The van der Waals surface area contributed by atoms with Gasteiger partial charge in [0.15, 0.2) is 0 Å². The van der Waals surface area contributed by atoms with Crippen LogP contribution in [0.15, 0.2) is 0 Å². The molecule has 0 aliphatic carbocycles.